The van der Waals surface area contributed by atoms with Crippen LogP contribution in [-0.2, 0) is 23.9 Å². The second-order valence-electron chi connectivity index (χ2n) is 11.5. The first-order chi connectivity index (χ1) is 21.5. The summed E-state index contributed by atoms with van der Waals surface area (Å²) in [6, 6.07) is 16.6. The third-order valence-corrected chi connectivity index (χ3v) is 8.47. The number of carbonyl (C=O) groups excluding carboxylic acids is 3. The first kappa shape index (κ1) is 31.4. The summed E-state index contributed by atoms with van der Waals surface area (Å²) in [4.78, 5) is 47.1. The van der Waals surface area contributed by atoms with Gasteiger partial charge in [0.25, 0.3) is 5.91 Å². The monoisotopic (exact) mass is 627 g/mol. The maximum absolute atomic E-state index is 13.7. The molecule has 1 atom stereocenters. The van der Waals surface area contributed by atoms with Crippen molar-refractivity contribution in [1.29, 1.82) is 0 Å². The summed E-state index contributed by atoms with van der Waals surface area (Å²) in [5, 5.41) is 17.2. The SMILES string of the molecule is C=CC(=O)Nc1ccc(Nc2ncc(C(=O)Nc3nn(C)c4c3CN(C(=O)N[C@H](CN(C)C)c3ccccc3)C4(C)C)s2)cc1. The van der Waals surface area contributed by atoms with Crippen molar-refractivity contribution in [2.24, 2.45) is 7.05 Å². The zero-order valence-corrected chi connectivity index (χ0v) is 26.7. The number of likely N-dealkylation sites (N-methyl/N-ethyl adjacent to an activating group) is 1. The average molecular weight is 628 g/mol. The van der Waals surface area contributed by atoms with Gasteiger partial charge < -0.3 is 31.1 Å². The van der Waals surface area contributed by atoms with E-state index < -0.39 is 5.54 Å². The highest BCUT2D eigenvalue weighted by Gasteiger charge is 2.45. The number of aromatic nitrogens is 3. The van der Waals surface area contributed by atoms with E-state index in [1.54, 1.807) is 33.8 Å². The van der Waals surface area contributed by atoms with Crippen LogP contribution >= 0.6 is 11.3 Å². The highest BCUT2D eigenvalue weighted by molar-refractivity contribution is 7.17. The molecule has 12 nitrogen and oxygen atoms in total. The Hall–Kier alpha value is -5.01. The number of rotatable bonds is 10. The number of anilines is 4. The highest BCUT2D eigenvalue weighted by atomic mass is 32.1. The molecular formula is C32H37N9O3S. The minimum absolute atomic E-state index is 0.196. The third kappa shape index (κ3) is 6.89. The summed E-state index contributed by atoms with van der Waals surface area (Å²) in [5.74, 6) is -0.227. The second-order valence-corrected chi connectivity index (χ2v) is 12.5. The van der Waals surface area contributed by atoms with Gasteiger partial charge in [0.1, 0.15) is 4.88 Å². The van der Waals surface area contributed by atoms with Gasteiger partial charge in [-0.3, -0.25) is 14.3 Å². The number of hydrogen-bond donors (Lipinski definition) is 4. The van der Waals surface area contributed by atoms with Crippen molar-refractivity contribution in [1.82, 2.24) is 29.9 Å². The number of aryl methyl sites for hydroxylation is 1. The Morgan fingerprint density at radius 3 is 2.42 bits per heavy atom. The smallest absolute Gasteiger partial charge is 0.319 e. The van der Waals surface area contributed by atoms with Gasteiger partial charge >= 0.3 is 6.03 Å². The molecule has 5 rings (SSSR count). The van der Waals surface area contributed by atoms with Crippen LogP contribution in [0.3, 0.4) is 0 Å². The van der Waals surface area contributed by atoms with Crippen molar-refractivity contribution < 1.29 is 14.4 Å². The quantitative estimate of drug-likeness (QED) is 0.181. The molecule has 13 heteroatoms. The normalized spacial score (nSPS) is 14.0. The lowest BCUT2D eigenvalue weighted by molar-refractivity contribution is -0.111. The van der Waals surface area contributed by atoms with Crippen molar-refractivity contribution in [3.8, 4) is 0 Å². The van der Waals surface area contributed by atoms with E-state index >= 15 is 0 Å². The maximum Gasteiger partial charge on any atom is 0.319 e. The van der Waals surface area contributed by atoms with Gasteiger partial charge in [-0.05, 0) is 63.8 Å². The van der Waals surface area contributed by atoms with Gasteiger partial charge in [-0.15, -0.1) is 0 Å². The van der Waals surface area contributed by atoms with Crippen LogP contribution in [-0.4, -0.2) is 63.0 Å². The molecule has 2 aromatic heterocycles. The molecule has 0 bridgehead atoms. The number of nitrogens with one attached hydrogen (secondary N) is 4. The van der Waals surface area contributed by atoms with Crippen molar-refractivity contribution in [2.75, 3.05) is 36.6 Å². The van der Waals surface area contributed by atoms with Crippen molar-refractivity contribution >= 4 is 51.5 Å². The molecule has 0 aliphatic carbocycles. The molecule has 0 saturated carbocycles. The summed E-state index contributed by atoms with van der Waals surface area (Å²) in [7, 11) is 5.77. The van der Waals surface area contributed by atoms with Crippen molar-refractivity contribution in [3.05, 3.63) is 95.1 Å². The van der Waals surface area contributed by atoms with Crippen molar-refractivity contribution in [2.45, 2.75) is 32.0 Å². The Balaban J connectivity index is 1.27. The number of benzene rings is 2. The molecule has 0 fully saturated rings. The lowest BCUT2D eigenvalue weighted by Crippen LogP contribution is -2.49. The molecule has 45 heavy (non-hydrogen) atoms. The summed E-state index contributed by atoms with van der Waals surface area (Å²) >= 11 is 1.20. The Kier molecular flexibility index (Phi) is 9.02. The van der Waals surface area contributed by atoms with Gasteiger partial charge in [-0.25, -0.2) is 9.78 Å². The largest absolute Gasteiger partial charge is 0.332 e. The highest BCUT2D eigenvalue weighted by Crippen LogP contribution is 2.42. The summed E-state index contributed by atoms with van der Waals surface area (Å²) in [6.07, 6.45) is 2.71. The van der Waals surface area contributed by atoms with Crippen LogP contribution in [0.2, 0.25) is 0 Å². The van der Waals surface area contributed by atoms with Crippen LogP contribution in [0.5, 0.6) is 0 Å². The molecule has 0 saturated heterocycles. The lowest BCUT2D eigenvalue weighted by atomic mass is 10.0. The molecule has 0 unspecified atom stereocenters. The number of hydrogen-bond acceptors (Lipinski definition) is 8. The topological polar surface area (TPSA) is 137 Å². The predicted octanol–water partition coefficient (Wildman–Crippen LogP) is 5.06. The standard InChI is InChI=1S/C32H37N9O3S/c1-7-26(42)34-21-13-15-22(16-14-21)35-30-33-17-25(45-30)29(43)37-28-23-18-41(32(2,3)27(23)40(6)38-28)31(44)36-24(19-39(4)5)20-11-9-8-10-12-20/h7-17,24H,1,18-19H2,2-6H3,(H,33,35)(H,34,42)(H,36,44)(H,37,38,43)/t24-/m1/s1. The maximum atomic E-state index is 13.7. The van der Waals surface area contributed by atoms with Gasteiger partial charge in [0.05, 0.1) is 30.0 Å². The summed E-state index contributed by atoms with van der Waals surface area (Å²) in [6.45, 7) is 8.35. The first-order valence-corrected chi connectivity index (χ1v) is 15.2. The van der Waals surface area contributed by atoms with E-state index in [2.05, 4.69) is 37.9 Å². The van der Waals surface area contributed by atoms with E-state index in [0.717, 1.165) is 22.5 Å². The fourth-order valence-corrected chi connectivity index (χ4v) is 6.20. The van der Waals surface area contributed by atoms with Crippen LogP contribution in [0.15, 0.2) is 73.4 Å². The first-order valence-electron chi connectivity index (χ1n) is 14.4. The molecule has 3 heterocycles. The minimum Gasteiger partial charge on any atom is -0.332 e. The molecule has 4 amide bonds. The van der Waals surface area contributed by atoms with E-state index in [1.807, 2.05) is 70.2 Å². The molecule has 1 aliphatic rings. The summed E-state index contributed by atoms with van der Waals surface area (Å²) in [5.41, 5.74) is 3.39. The number of urea groups is 1. The fraction of sp³-hybridized carbons (Fsp3) is 0.281. The van der Waals surface area contributed by atoms with E-state index in [-0.39, 0.29) is 23.9 Å². The number of thiazole rings is 1. The fourth-order valence-electron chi connectivity index (χ4n) is 5.46. The van der Waals surface area contributed by atoms with Gasteiger partial charge in [-0.2, -0.15) is 5.10 Å². The van der Waals surface area contributed by atoms with Crippen LogP contribution in [0.1, 0.15) is 46.4 Å². The average Bonchev–Trinajstić information content (AvgIpc) is 3.68. The third-order valence-electron chi connectivity index (χ3n) is 7.56. The summed E-state index contributed by atoms with van der Waals surface area (Å²) < 4.78 is 1.73. The van der Waals surface area contributed by atoms with Crippen molar-refractivity contribution in [3.63, 3.8) is 0 Å². The Bertz CT molecular complexity index is 1710. The van der Waals surface area contributed by atoms with Gasteiger partial charge in [0.2, 0.25) is 5.91 Å². The van der Waals surface area contributed by atoms with Crippen LogP contribution in [0.4, 0.5) is 27.1 Å². The molecule has 2 aromatic carbocycles. The zero-order valence-electron chi connectivity index (χ0n) is 25.9. The second kappa shape index (κ2) is 12.9. The van der Waals surface area contributed by atoms with E-state index in [0.29, 0.717) is 34.6 Å². The predicted molar refractivity (Wildman–Crippen MR) is 177 cm³/mol. The number of fused-ring (bicyclic) bond motifs is 1. The molecule has 4 aromatic rings. The van der Waals surface area contributed by atoms with Gasteiger partial charge in [-0.1, -0.05) is 48.2 Å². The molecule has 234 valence electrons. The Morgan fingerprint density at radius 2 is 1.76 bits per heavy atom. The molecule has 0 spiro atoms. The lowest BCUT2D eigenvalue weighted by Gasteiger charge is -2.34. The van der Waals surface area contributed by atoms with Gasteiger partial charge in [0, 0.05) is 30.5 Å². The molecule has 0 radical (unpaired) electrons. The van der Waals surface area contributed by atoms with Crippen LogP contribution in [0.25, 0.3) is 0 Å². The Labute approximate surface area is 266 Å². The zero-order chi connectivity index (χ0) is 32.3. The van der Waals surface area contributed by atoms with Crippen LogP contribution in [0, 0.1) is 0 Å². The number of nitrogens with zero attached hydrogens (tertiary/aromatic N) is 5. The van der Waals surface area contributed by atoms with Gasteiger partial charge in [0.15, 0.2) is 10.9 Å². The number of carbonyl (C=O) groups is 3. The van der Waals surface area contributed by atoms with E-state index in [1.165, 1.54) is 23.6 Å². The molecule has 1 aliphatic heterocycles. The Morgan fingerprint density at radius 1 is 1.07 bits per heavy atom. The molecule has 4 N–H and O–H groups in total. The molecular weight excluding hydrogens is 590 g/mol. The number of amides is 4. The van der Waals surface area contributed by atoms with Crippen LogP contribution < -0.4 is 21.3 Å². The van der Waals surface area contributed by atoms with E-state index in [9.17, 15) is 14.4 Å². The van der Waals surface area contributed by atoms with E-state index in [4.69, 9.17) is 0 Å². The minimum atomic E-state index is -0.672.